The molecule has 0 fully saturated rings. The number of halogens is 1. The molecule has 0 bridgehead atoms. The number of methoxy groups -OCH3 is 1. The first-order chi connectivity index (χ1) is 12.1. The van der Waals surface area contributed by atoms with Gasteiger partial charge >= 0.3 is 0 Å². The maximum absolute atomic E-state index is 13.0. The molecule has 0 unspecified atom stereocenters. The molecular weight excluding hydrogens is 344 g/mol. The zero-order valence-corrected chi connectivity index (χ0v) is 13.6. The van der Waals surface area contributed by atoms with Gasteiger partial charge in [-0.3, -0.25) is 18.4 Å². The zero-order chi connectivity index (χ0) is 17.3. The largest absolute Gasteiger partial charge is 0.481 e. The number of aromatic nitrogens is 4. The van der Waals surface area contributed by atoms with Crippen molar-refractivity contribution >= 4 is 44.4 Å². The van der Waals surface area contributed by atoms with E-state index in [0.717, 1.165) is 0 Å². The summed E-state index contributed by atoms with van der Waals surface area (Å²) in [5.74, 6) is 0.416. The molecule has 0 amide bonds. The van der Waals surface area contributed by atoms with Crippen LogP contribution < -0.4 is 15.9 Å². The van der Waals surface area contributed by atoms with Gasteiger partial charge in [0.15, 0.2) is 0 Å². The molecule has 0 radical (unpaired) electrons. The lowest BCUT2D eigenvalue weighted by Gasteiger charge is -2.00. The Morgan fingerprint density at radius 3 is 2.00 bits per heavy atom. The molecule has 0 aromatic carbocycles. The van der Waals surface area contributed by atoms with E-state index in [1.165, 1.54) is 28.3 Å². The van der Waals surface area contributed by atoms with Gasteiger partial charge in [0.05, 0.1) is 30.5 Å². The topological polar surface area (TPSA) is 78.0 Å². The average molecular weight is 353 g/mol. The van der Waals surface area contributed by atoms with E-state index in [2.05, 4.69) is 9.97 Å². The summed E-state index contributed by atoms with van der Waals surface area (Å²) in [6.45, 7) is 0. The molecular formula is C17H9ClN4O3. The number of hydrogen-bond donors (Lipinski definition) is 0. The fraction of sp³-hybridized carbons (Fsp3) is 0.0588. The minimum Gasteiger partial charge on any atom is -0.481 e. The fourth-order valence-corrected chi connectivity index (χ4v) is 3.43. The van der Waals surface area contributed by atoms with Crippen LogP contribution in [0.3, 0.4) is 0 Å². The van der Waals surface area contributed by atoms with Gasteiger partial charge in [-0.25, -0.2) is 9.97 Å². The van der Waals surface area contributed by atoms with Crippen molar-refractivity contribution in [2.75, 3.05) is 7.11 Å². The second-order valence-electron chi connectivity index (χ2n) is 5.69. The van der Waals surface area contributed by atoms with Gasteiger partial charge in [0.25, 0.3) is 11.1 Å². The third-order valence-corrected chi connectivity index (χ3v) is 4.58. The highest BCUT2D eigenvalue weighted by atomic mass is 35.5. The van der Waals surface area contributed by atoms with E-state index in [0.29, 0.717) is 32.8 Å². The predicted molar refractivity (Wildman–Crippen MR) is 94.2 cm³/mol. The second kappa shape index (κ2) is 4.67. The minimum absolute atomic E-state index is 0.268. The maximum atomic E-state index is 13.0. The molecule has 0 aliphatic heterocycles. The van der Waals surface area contributed by atoms with Crippen molar-refractivity contribution in [2.45, 2.75) is 0 Å². The number of pyridine rings is 2. The van der Waals surface area contributed by atoms with E-state index in [1.807, 2.05) is 0 Å². The van der Waals surface area contributed by atoms with Crippen molar-refractivity contribution < 1.29 is 4.74 Å². The molecule has 5 heterocycles. The Kier molecular flexibility index (Phi) is 2.65. The van der Waals surface area contributed by atoms with Crippen LogP contribution in [0.4, 0.5) is 0 Å². The summed E-state index contributed by atoms with van der Waals surface area (Å²) in [4.78, 5) is 34.2. The monoisotopic (exact) mass is 352 g/mol. The molecule has 5 aromatic rings. The highest BCUT2D eigenvalue weighted by Crippen LogP contribution is 2.23. The van der Waals surface area contributed by atoms with Gasteiger partial charge < -0.3 is 4.74 Å². The van der Waals surface area contributed by atoms with E-state index in [1.54, 1.807) is 24.3 Å². The standard InChI is InChI=1S/C17H9ClN4O3/c1-25-15-5-9-3-11-17(24)21-10(16(23)22(11)13(9)7-20-15)2-8-4-14(18)19-6-12(8)21/h2-7H,1H3. The Balaban J connectivity index is 2.06. The molecule has 0 saturated heterocycles. The van der Waals surface area contributed by atoms with E-state index < -0.39 is 0 Å². The Morgan fingerprint density at radius 2 is 1.40 bits per heavy atom. The highest BCUT2D eigenvalue weighted by Gasteiger charge is 2.17. The fourth-order valence-electron chi connectivity index (χ4n) is 3.26. The van der Waals surface area contributed by atoms with Crippen molar-refractivity contribution in [3.05, 3.63) is 62.5 Å². The molecule has 0 aliphatic rings. The molecule has 8 heteroatoms. The van der Waals surface area contributed by atoms with Crippen LogP contribution in [0.25, 0.3) is 32.8 Å². The van der Waals surface area contributed by atoms with Crippen molar-refractivity contribution in [2.24, 2.45) is 0 Å². The molecule has 0 saturated carbocycles. The minimum atomic E-state index is -0.302. The van der Waals surface area contributed by atoms with Gasteiger partial charge in [0.2, 0.25) is 5.88 Å². The maximum Gasteiger partial charge on any atom is 0.280 e. The van der Waals surface area contributed by atoms with Crippen LogP contribution in [-0.4, -0.2) is 25.9 Å². The molecule has 0 N–H and O–H groups in total. The van der Waals surface area contributed by atoms with E-state index >= 15 is 0 Å². The highest BCUT2D eigenvalue weighted by molar-refractivity contribution is 6.30. The number of nitrogens with zero attached hydrogens (tertiary/aromatic N) is 4. The van der Waals surface area contributed by atoms with E-state index in [9.17, 15) is 9.59 Å². The molecule has 5 aromatic heterocycles. The Hall–Kier alpha value is -3.19. The van der Waals surface area contributed by atoms with Gasteiger partial charge in [-0.15, -0.1) is 0 Å². The molecule has 122 valence electrons. The van der Waals surface area contributed by atoms with E-state index in [4.69, 9.17) is 16.3 Å². The SMILES string of the molecule is COc1cc2cc3c(=O)n4c(cc5cc(Cl)ncc54)c(=O)n3c2cn1. The molecule has 0 aliphatic carbocycles. The lowest BCUT2D eigenvalue weighted by Crippen LogP contribution is -2.25. The molecule has 0 atom stereocenters. The predicted octanol–water partition coefficient (Wildman–Crippen LogP) is 2.11. The van der Waals surface area contributed by atoms with Gasteiger partial charge in [-0.05, 0) is 18.2 Å². The van der Waals surface area contributed by atoms with Crippen LogP contribution in [0.2, 0.25) is 5.15 Å². The van der Waals surface area contributed by atoms with Crippen LogP contribution in [-0.2, 0) is 0 Å². The lowest BCUT2D eigenvalue weighted by atomic mass is 10.3. The smallest absolute Gasteiger partial charge is 0.280 e. The summed E-state index contributed by atoms with van der Waals surface area (Å²) in [6.07, 6.45) is 3.02. The van der Waals surface area contributed by atoms with Crippen LogP contribution in [0.15, 0.2) is 46.2 Å². The number of rotatable bonds is 1. The Bertz CT molecular complexity index is 1440. The third-order valence-electron chi connectivity index (χ3n) is 4.37. The summed E-state index contributed by atoms with van der Waals surface area (Å²) < 4.78 is 7.86. The van der Waals surface area contributed by atoms with Gasteiger partial charge in [0, 0.05) is 16.8 Å². The molecule has 5 rings (SSSR count). The van der Waals surface area contributed by atoms with Crippen molar-refractivity contribution in [3.8, 4) is 5.88 Å². The van der Waals surface area contributed by atoms with Crippen molar-refractivity contribution in [3.63, 3.8) is 0 Å². The first kappa shape index (κ1) is 14.2. The molecule has 0 spiro atoms. The van der Waals surface area contributed by atoms with E-state index in [-0.39, 0.29) is 22.2 Å². The van der Waals surface area contributed by atoms with Crippen LogP contribution in [0, 0.1) is 0 Å². The summed E-state index contributed by atoms with van der Waals surface area (Å²) in [7, 11) is 1.51. The summed E-state index contributed by atoms with van der Waals surface area (Å²) in [6, 6.07) is 6.63. The normalized spacial score (nSPS) is 11.9. The Morgan fingerprint density at radius 1 is 0.840 bits per heavy atom. The second-order valence-corrected chi connectivity index (χ2v) is 6.08. The quantitative estimate of drug-likeness (QED) is 0.432. The average Bonchev–Trinajstić information content (AvgIpc) is 3.17. The first-order valence-electron chi connectivity index (χ1n) is 7.40. The lowest BCUT2D eigenvalue weighted by molar-refractivity contribution is 0.398. The zero-order valence-electron chi connectivity index (χ0n) is 12.9. The summed E-state index contributed by atoms with van der Waals surface area (Å²) in [5.41, 5.74) is 1.04. The molecule has 25 heavy (non-hydrogen) atoms. The van der Waals surface area contributed by atoms with Crippen LogP contribution >= 0.6 is 11.6 Å². The van der Waals surface area contributed by atoms with Crippen molar-refractivity contribution in [1.29, 1.82) is 0 Å². The summed E-state index contributed by atoms with van der Waals surface area (Å²) >= 11 is 5.91. The third kappa shape index (κ3) is 1.75. The number of fused-ring (bicyclic) bond motifs is 6. The molecule has 7 nitrogen and oxygen atoms in total. The number of ether oxygens (including phenoxy) is 1. The van der Waals surface area contributed by atoms with Crippen molar-refractivity contribution in [1.82, 2.24) is 18.8 Å². The van der Waals surface area contributed by atoms with Crippen LogP contribution in [0.5, 0.6) is 5.88 Å². The summed E-state index contributed by atoms with van der Waals surface area (Å²) in [5, 5.41) is 1.70. The van der Waals surface area contributed by atoms with Gasteiger partial charge in [0.1, 0.15) is 16.2 Å². The number of hydrogen-bond acceptors (Lipinski definition) is 5. The first-order valence-corrected chi connectivity index (χ1v) is 7.78. The Labute approximate surface area is 144 Å². The van der Waals surface area contributed by atoms with Gasteiger partial charge in [-0.2, -0.15) is 0 Å². The van der Waals surface area contributed by atoms with Gasteiger partial charge in [-0.1, -0.05) is 11.6 Å². The van der Waals surface area contributed by atoms with Crippen LogP contribution in [0.1, 0.15) is 0 Å².